The zero-order valence-corrected chi connectivity index (χ0v) is 8.89. The molecule has 3 heteroatoms. The molecule has 1 saturated carbocycles. The van der Waals surface area contributed by atoms with Crippen LogP contribution in [-0.2, 0) is 0 Å². The second kappa shape index (κ2) is 4.17. The molecule has 2 aliphatic rings. The van der Waals surface area contributed by atoms with E-state index in [-0.39, 0.29) is 12.2 Å². The first kappa shape index (κ1) is 10.4. The predicted octanol–water partition coefficient (Wildman–Crippen LogP) is 0.745. The lowest BCUT2D eigenvalue weighted by atomic mass is 9.98. The van der Waals surface area contributed by atoms with Crippen LogP contribution < -0.4 is 0 Å². The van der Waals surface area contributed by atoms with E-state index in [1.807, 2.05) is 0 Å². The van der Waals surface area contributed by atoms with Crippen molar-refractivity contribution in [3.63, 3.8) is 0 Å². The summed E-state index contributed by atoms with van der Waals surface area (Å²) in [5.41, 5.74) is 0. The van der Waals surface area contributed by atoms with Crippen LogP contribution in [0.1, 0.15) is 39.0 Å². The summed E-state index contributed by atoms with van der Waals surface area (Å²) in [7, 11) is 0. The van der Waals surface area contributed by atoms with Gasteiger partial charge in [-0.3, -0.25) is 4.90 Å². The van der Waals surface area contributed by atoms with Crippen LogP contribution in [-0.4, -0.2) is 45.9 Å². The number of hydrogen-bond acceptors (Lipinski definition) is 3. The topological polar surface area (TPSA) is 43.7 Å². The summed E-state index contributed by atoms with van der Waals surface area (Å²) in [5.74, 6) is 0. The molecule has 4 atom stereocenters. The Hall–Kier alpha value is -0.120. The van der Waals surface area contributed by atoms with Crippen LogP contribution >= 0.6 is 0 Å². The molecular formula is C11H21NO2. The minimum Gasteiger partial charge on any atom is -0.392 e. The molecule has 2 fully saturated rings. The van der Waals surface area contributed by atoms with Gasteiger partial charge in [0, 0.05) is 18.6 Å². The molecular weight excluding hydrogens is 178 g/mol. The van der Waals surface area contributed by atoms with Gasteiger partial charge < -0.3 is 10.2 Å². The molecule has 3 nitrogen and oxygen atoms in total. The molecule has 0 spiro atoms. The first-order valence-electron chi connectivity index (χ1n) is 5.80. The maximum Gasteiger partial charge on any atom is 0.0695 e. The Bertz CT molecular complexity index is 198. The number of piperidine rings is 1. The normalized spacial score (nSPS) is 45.6. The van der Waals surface area contributed by atoms with Gasteiger partial charge in [0.15, 0.2) is 0 Å². The number of aliphatic hydroxyl groups excluding tert-OH is 2. The molecule has 2 N–H and O–H groups in total. The summed E-state index contributed by atoms with van der Waals surface area (Å²) in [6.45, 7) is 2.96. The van der Waals surface area contributed by atoms with Crippen molar-refractivity contribution in [2.75, 3.05) is 6.54 Å². The van der Waals surface area contributed by atoms with Gasteiger partial charge in [0.25, 0.3) is 0 Å². The highest BCUT2D eigenvalue weighted by atomic mass is 16.3. The van der Waals surface area contributed by atoms with E-state index in [9.17, 15) is 10.2 Å². The summed E-state index contributed by atoms with van der Waals surface area (Å²) in [4.78, 5) is 2.31. The van der Waals surface area contributed by atoms with Crippen molar-refractivity contribution in [2.45, 2.75) is 63.3 Å². The molecule has 2 rings (SSSR count). The minimum atomic E-state index is -0.181. The van der Waals surface area contributed by atoms with E-state index in [4.69, 9.17) is 0 Å². The average Bonchev–Trinajstić information content (AvgIpc) is 2.56. The van der Waals surface area contributed by atoms with Crippen molar-refractivity contribution in [2.24, 2.45) is 0 Å². The average molecular weight is 199 g/mol. The Labute approximate surface area is 85.7 Å². The Morgan fingerprint density at radius 2 is 1.86 bits per heavy atom. The van der Waals surface area contributed by atoms with Gasteiger partial charge in [-0.1, -0.05) is 0 Å². The molecule has 0 aromatic carbocycles. The number of hydrogen-bond donors (Lipinski definition) is 2. The van der Waals surface area contributed by atoms with Crippen molar-refractivity contribution in [1.29, 1.82) is 0 Å². The highest BCUT2D eigenvalue weighted by Gasteiger charge is 2.36. The maximum absolute atomic E-state index is 9.82. The lowest BCUT2D eigenvalue weighted by Gasteiger charge is -2.41. The van der Waals surface area contributed by atoms with Gasteiger partial charge in [-0.05, 0) is 39.0 Å². The fourth-order valence-corrected chi connectivity index (χ4v) is 2.88. The fourth-order valence-electron chi connectivity index (χ4n) is 2.88. The predicted molar refractivity (Wildman–Crippen MR) is 55.1 cm³/mol. The van der Waals surface area contributed by atoms with E-state index in [2.05, 4.69) is 11.8 Å². The Morgan fingerprint density at radius 1 is 1.07 bits per heavy atom. The Balaban J connectivity index is 2.00. The zero-order valence-electron chi connectivity index (χ0n) is 8.89. The Morgan fingerprint density at radius 3 is 2.50 bits per heavy atom. The van der Waals surface area contributed by atoms with Gasteiger partial charge in [-0.25, -0.2) is 0 Å². The first-order valence-corrected chi connectivity index (χ1v) is 5.80. The first-order chi connectivity index (χ1) is 6.68. The third kappa shape index (κ3) is 1.95. The van der Waals surface area contributed by atoms with Gasteiger partial charge in [0.1, 0.15) is 0 Å². The molecule has 0 amide bonds. The zero-order chi connectivity index (χ0) is 10.1. The molecule has 1 aliphatic carbocycles. The highest BCUT2D eigenvalue weighted by molar-refractivity contribution is 4.90. The molecule has 1 aliphatic heterocycles. The third-order valence-corrected chi connectivity index (χ3v) is 3.78. The Kier molecular flexibility index (Phi) is 3.10. The number of β-amino-alcohol motifs (C(OH)–C–C–N with tert-alkyl or cyclic N) is 1. The number of likely N-dealkylation sites (tertiary alicyclic amines) is 1. The van der Waals surface area contributed by atoms with Crippen LogP contribution in [0, 0.1) is 0 Å². The van der Waals surface area contributed by atoms with E-state index in [1.54, 1.807) is 0 Å². The second-order valence-corrected chi connectivity index (χ2v) is 4.84. The van der Waals surface area contributed by atoms with E-state index >= 15 is 0 Å². The molecule has 0 bridgehead atoms. The number of aliphatic hydroxyl groups is 2. The molecule has 0 radical (unpaired) electrons. The van der Waals surface area contributed by atoms with Crippen molar-refractivity contribution >= 4 is 0 Å². The number of nitrogens with zero attached hydrogens (tertiary/aromatic N) is 1. The third-order valence-electron chi connectivity index (χ3n) is 3.78. The SMILES string of the molecule is CC1CCC(O)CN1C1CCCC1O. The molecule has 1 saturated heterocycles. The van der Waals surface area contributed by atoms with Crippen LogP contribution in [0.4, 0.5) is 0 Å². The highest BCUT2D eigenvalue weighted by Crippen LogP contribution is 2.29. The smallest absolute Gasteiger partial charge is 0.0695 e. The number of rotatable bonds is 1. The molecule has 4 unspecified atom stereocenters. The van der Waals surface area contributed by atoms with Gasteiger partial charge in [0.05, 0.1) is 12.2 Å². The molecule has 14 heavy (non-hydrogen) atoms. The van der Waals surface area contributed by atoms with E-state index < -0.39 is 0 Å². The van der Waals surface area contributed by atoms with Crippen molar-refractivity contribution < 1.29 is 10.2 Å². The molecule has 0 aromatic heterocycles. The van der Waals surface area contributed by atoms with E-state index in [1.165, 1.54) is 0 Å². The van der Waals surface area contributed by atoms with E-state index in [0.717, 1.165) is 38.6 Å². The summed E-state index contributed by atoms with van der Waals surface area (Å²) < 4.78 is 0. The van der Waals surface area contributed by atoms with Gasteiger partial charge in [0.2, 0.25) is 0 Å². The van der Waals surface area contributed by atoms with E-state index in [0.29, 0.717) is 12.1 Å². The molecule has 1 heterocycles. The molecule has 82 valence electrons. The summed E-state index contributed by atoms with van der Waals surface area (Å²) in [6, 6.07) is 0.830. The van der Waals surface area contributed by atoms with Crippen LogP contribution in [0.5, 0.6) is 0 Å². The van der Waals surface area contributed by atoms with Gasteiger partial charge in [-0.15, -0.1) is 0 Å². The largest absolute Gasteiger partial charge is 0.392 e. The van der Waals surface area contributed by atoms with Crippen LogP contribution in [0.25, 0.3) is 0 Å². The second-order valence-electron chi connectivity index (χ2n) is 4.84. The van der Waals surface area contributed by atoms with Crippen LogP contribution in [0.3, 0.4) is 0 Å². The van der Waals surface area contributed by atoms with Gasteiger partial charge >= 0.3 is 0 Å². The van der Waals surface area contributed by atoms with Crippen molar-refractivity contribution in [3.05, 3.63) is 0 Å². The summed E-state index contributed by atoms with van der Waals surface area (Å²) in [5, 5.41) is 19.4. The monoisotopic (exact) mass is 199 g/mol. The minimum absolute atomic E-state index is 0.164. The summed E-state index contributed by atoms with van der Waals surface area (Å²) in [6.07, 6.45) is 4.79. The van der Waals surface area contributed by atoms with Crippen LogP contribution in [0.15, 0.2) is 0 Å². The van der Waals surface area contributed by atoms with Crippen molar-refractivity contribution in [3.8, 4) is 0 Å². The molecule has 0 aromatic rings. The standard InChI is InChI=1S/C11H21NO2/c1-8-5-6-9(13)7-12(8)10-3-2-4-11(10)14/h8-11,13-14H,2-7H2,1H3. The van der Waals surface area contributed by atoms with Crippen molar-refractivity contribution in [1.82, 2.24) is 4.90 Å². The van der Waals surface area contributed by atoms with Crippen LogP contribution in [0.2, 0.25) is 0 Å². The maximum atomic E-state index is 9.82. The van der Waals surface area contributed by atoms with Gasteiger partial charge in [-0.2, -0.15) is 0 Å². The lowest BCUT2D eigenvalue weighted by molar-refractivity contribution is -0.0176. The fraction of sp³-hybridized carbons (Fsp3) is 1.00. The quantitative estimate of drug-likeness (QED) is 0.655. The summed E-state index contributed by atoms with van der Waals surface area (Å²) >= 11 is 0. The lowest BCUT2D eigenvalue weighted by Crippen LogP contribution is -2.52.